The van der Waals surface area contributed by atoms with Crippen molar-refractivity contribution < 1.29 is 9.90 Å². The number of hydrogen-bond acceptors (Lipinski definition) is 2. The summed E-state index contributed by atoms with van der Waals surface area (Å²) in [5, 5.41) is 13.1. The fraction of sp³-hybridized carbons (Fsp3) is 0.167. The topological polar surface area (TPSA) is 55.1 Å². The molecule has 0 radical (unpaired) electrons. The summed E-state index contributed by atoms with van der Waals surface area (Å²) < 4.78 is 3.49. The maximum Gasteiger partial charge on any atom is 0.356 e. The summed E-state index contributed by atoms with van der Waals surface area (Å²) in [6.45, 7) is 1.97. The molecule has 94 valence electrons. The lowest BCUT2D eigenvalue weighted by Crippen LogP contribution is -2.03. The van der Waals surface area contributed by atoms with Crippen LogP contribution in [0.1, 0.15) is 23.1 Å². The number of carboxylic acid groups (broad SMARTS) is 1. The molecule has 0 saturated heterocycles. The van der Waals surface area contributed by atoms with Crippen molar-refractivity contribution in [3.05, 3.63) is 44.6 Å². The second-order valence-corrected chi connectivity index (χ2v) is 5.40. The van der Waals surface area contributed by atoms with Gasteiger partial charge in [0.15, 0.2) is 5.69 Å². The van der Waals surface area contributed by atoms with Gasteiger partial charge >= 0.3 is 5.97 Å². The highest BCUT2D eigenvalue weighted by Crippen LogP contribution is 2.26. The van der Waals surface area contributed by atoms with Gasteiger partial charge in [0.05, 0.1) is 5.69 Å². The van der Waals surface area contributed by atoms with Gasteiger partial charge in [-0.25, -0.2) is 9.48 Å². The minimum absolute atomic E-state index is 0.0610. The van der Waals surface area contributed by atoms with Crippen LogP contribution < -0.4 is 0 Å². The molecule has 0 atom stereocenters. The second kappa shape index (κ2) is 5.24. The number of nitrogens with zero attached hydrogens (tertiary/aromatic N) is 2. The van der Waals surface area contributed by atoms with Crippen LogP contribution in [-0.2, 0) is 6.42 Å². The van der Waals surface area contributed by atoms with Crippen LogP contribution in [0, 0.1) is 0 Å². The van der Waals surface area contributed by atoms with Gasteiger partial charge in [-0.05, 0) is 62.5 Å². The van der Waals surface area contributed by atoms with E-state index >= 15 is 0 Å². The van der Waals surface area contributed by atoms with E-state index in [0.717, 1.165) is 20.3 Å². The molecule has 4 nitrogen and oxygen atoms in total. The van der Waals surface area contributed by atoms with Gasteiger partial charge in [0.1, 0.15) is 0 Å². The molecular weight excluding hydrogens is 364 g/mol. The Morgan fingerprint density at radius 2 is 2.06 bits per heavy atom. The SMILES string of the molecule is CCc1cc(C(=O)O)nn1-c1ccc(Br)c(Br)c1. The third-order valence-electron chi connectivity index (χ3n) is 2.51. The second-order valence-electron chi connectivity index (χ2n) is 3.69. The lowest BCUT2D eigenvalue weighted by Gasteiger charge is -2.07. The molecule has 2 aromatic rings. The molecule has 0 aliphatic carbocycles. The van der Waals surface area contributed by atoms with Crippen LogP contribution in [0.25, 0.3) is 5.69 Å². The molecule has 1 aromatic heterocycles. The van der Waals surface area contributed by atoms with E-state index in [9.17, 15) is 4.79 Å². The molecule has 6 heteroatoms. The van der Waals surface area contributed by atoms with Crippen LogP contribution in [0.2, 0.25) is 0 Å². The fourth-order valence-electron chi connectivity index (χ4n) is 1.62. The van der Waals surface area contributed by atoms with Gasteiger partial charge in [0.25, 0.3) is 0 Å². The van der Waals surface area contributed by atoms with E-state index in [1.54, 1.807) is 10.7 Å². The van der Waals surface area contributed by atoms with Crippen LogP contribution in [0.4, 0.5) is 0 Å². The number of hydrogen-bond donors (Lipinski definition) is 1. The molecule has 0 aliphatic rings. The van der Waals surface area contributed by atoms with Crippen LogP contribution in [0.5, 0.6) is 0 Å². The van der Waals surface area contributed by atoms with Crippen molar-refractivity contribution in [2.75, 3.05) is 0 Å². The smallest absolute Gasteiger partial charge is 0.356 e. The predicted molar refractivity (Wildman–Crippen MR) is 75.3 cm³/mol. The maximum atomic E-state index is 10.9. The molecular formula is C12H10Br2N2O2. The molecule has 0 fully saturated rings. The van der Waals surface area contributed by atoms with Crippen molar-refractivity contribution in [2.24, 2.45) is 0 Å². The van der Waals surface area contributed by atoms with Crippen molar-refractivity contribution in [2.45, 2.75) is 13.3 Å². The Morgan fingerprint density at radius 1 is 1.33 bits per heavy atom. The first-order chi connectivity index (χ1) is 8.52. The lowest BCUT2D eigenvalue weighted by molar-refractivity contribution is 0.0690. The first kappa shape index (κ1) is 13.3. The number of carboxylic acids is 1. The van der Waals surface area contributed by atoms with Crippen molar-refractivity contribution in [3.8, 4) is 5.69 Å². The van der Waals surface area contributed by atoms with Crippen molar-refractivity contribution in [1.29, 1.82) is 0 Å². The quantitative estimate of drug-likeness (QED) is 0.893. The lowest BCUT2D eigenvalue weighted by atomic mass is 10.2. The Hall–Kier alpha value is -1.14. The molecule has 0 unspecified atom stereocenters. The van der Waals surface area contributed by atoms with E-state index < -0.39 is 5.97 Å². The number of carbonyl (C=O) groups is 1. The van der Waals surface area contributed by atoms with Crippen LogP contribution in [0.3, 0.4) is 0 Å². The number of aryl methyl sites for hydroxylation is 1. The van der Waals surface area contributed by atoms with Gasteiger partial charge in [-0.2, -0.15) is 5.10 Å². The number of aromatic nitrogens is 2. The first-order valence-corrected chi connectivity index (χ1v) is 6.89. The van der Waals surface area contributed by atoms with E-state index in [-0.39, 0.29) is 5.69 Å². The van der Waals surface area contributed by atoms with E-state index in [1.807, 2.05) is 25.1 Å². The predicted octanol–water partition coefficient (Wildman–Crippen LogP) is 3.66. The molecule has 2 rings (SSSR count). The zero-order valence-electron chi connectivity index (χ0n) is 9.52. The average Bonchev–Trinajstić information content (AvgIpc) is 2.77. The molecule has 0 saturated carbocycles. The third-order valence-corrected chi connectivity index (χ3v) is 4.39. The normalized spacial score (nSPS) is 10.6. The van der Waals surface area contributed by atoms with Gasteiger partial charge in [0.2, 0.25) is 0 Å². The number of halogens is 2. The van der Waals surface area contributed by atoms with Crippen LogP contribution >= 0.6 is 31.9 Å². The monoisotopic (exact) mass is 372 g/mol. The van der Waals surface area contributed by atoms with Gasteiger partial charge in [-0.1, -0.05) is 6.92 Å². The zero-order chi connectivity index (χ0) is 13.3. The summed E-state index contributed by atoms with van der Waals surface area (Å²) in [5.74, 6) is -1.01. The minimum Gasteiger partial charge on any atom is -0.476 e. The summed E-state index contributed by atoms with van der Waals surface area (Å²) in [4.78, 5) is 10.9. The summed E-state index contributed by atoms with van der Waals surface area (Å²) in [6.07, 6.45) is 0.716. The Balaban J connectivity index is 2.55. The number of benzene rings is 1. The van der Waals surface area contributed by atoms with Gasteiger partial charge in [-0.3, -0.25) is 0 Å². The van der Waals surface area contributed by atoms with Crippen molar-refractivity contribution in [3.63, 3.8) is 0 Å². The molecule has 1 heterocycles. The third kappa shape index (κ3) is 2.49. The summed E-state index contributed by atoms with van der Waals surface area (Å²) in [6, 6.07) is 7.26. The Morgan fingerprint density at radius 3 is 2.61 bits per heavy atom. The van der Waals surface area contributed by atoms with Crippen molar-refractivity contribution in [1.82, 2.24) is 9.78 Å². The molecule has 1 aromatic carbocycles. The summed E-state index contributed by atoms with van der Waals surface area (Å²) in [7, 11) is 0. The molecule has 0 amide bonds. The zero-order valence-corrected chi connectivity index (χ0v) is 12.7. The molecule has 18 heavy (non-hydrogen) atoms. The maximum absolute atomic E-state index is 10.9. The minimum atomic E-state index is -1.01. The molecule has 0 aliphatic heterocycles. The molecule has 1 N–H and O–H groups in total. The number of rotatable bonds is 3. The average molecular weight is 374 g/mol. The standard InChI is InChI=1S/C12H10Br2N2O2/c1-2-7-6-11(12(17)18)15-16(7)8-3-4-9(13)10(14)5-8/h3-6H,2H2,1H3,(H,17,18). The Labute approximate surface area is 121 Å². The summed E-state index contributed by atoms with van der Waals surface area (Å²) in [5.41, 5.74) is 1.75. The van der Waals surface area contributed by atoms with E-state index in [2.05, 4.69) is 37.0 Å². The molecule has 0 spiro atoms. The Bertz CT molecular complexity index is 608. The van der Waals surface area contributed by atoms with E-state index in [0.29, 0.717) is 6.42 Å². The highest BCUT2D eigenvalue weighted by molar-refractivity contribution is 9.13. The Kier molecular flexibility index (Phi) is 3.87. The van der Waals surface area contributed by atoms with Crippen LogP contribution in [-0.4, -0.2) is 20.9 Å². The highest BCUT2D eigenvalue weighted by Gasteiger charge is 2.13. The fourth-order valence-corrected chi connectivity index (χ4v) is 2.23. The highest BCUT2D eigenvalue weighted by atomic mass is 79.9. The van der Waals surface area contributed by atoms with Gasteiger partial charge in [-0.15, -0.1) is 0 Å². The van der Waals surface area contributed by atoms with Crippen LogP contribution in [0.15, 0.2) is 33.2 Å². The van der Waals surface area contributed by atoms with Crippen molar-refractivity contribution >= 4 is 37.8 Å². The van der Waals surface area contributed by atoms with E-state index in [1.165, 1.54) is 0 Å². The van der Waals surface area contributed by atoms with E-state index in [4.69, 9.17) is 5.11 Å². The first-order valence-electron chi connectivity index (χ1n) is 5.30. The van der Waals surface area contributed by atoms with Gasteiger partial charge < -0.3 is 5.11 Å². The number of aromatic carboxylic acids is 1. The summed E-state index contributed by atoms with van der Waals surface area (Å²) >= 11 is 6.82. The largest absolute Gasteiger partial charge is 0.476 e. The molecule has 0 bridgehead atoms. The van der Waals surface area contributed by atoms with Gasteiger partial charge in [0, 0.05) is 14.6 Å².